The lowest BCUT2D eigenvalue weighted by Crippen LogP contribution is -2.45. The molecular weight excluding hydrogens is 639 g/mol. The summed E-state index contributed by atoms with van der Waals surface area (Å²) >= 11 is 0. The van der Waals surface area contributed by atoms with Crippen molar-refractivity contribution >= 4 is 5.91 Å². The van der Waals surface area contributed by atoms with Crippen molar-refractivity contribution in [1.82, 2.24) is 5.32 Å². The van der Waals surface area contributed by atoms with Crippen LogP contribution >= 0.6 is 0 Å². The van der Waals surface area contributed by atoms with Crippen LogP contribution in [0.5, 0.6) is 0 Å². The van der Waals surface area contributed by atoms with E-state index < -0.39 is 12.1 Å². The van der Waals surface area contributed by atoms with Gasteiger partial charge < -0.3 is 15.5 Å². The van der Waals surface area contributed by atoms with Crippen LogP contribution in [-0.4, -0.2) is 34.9 Å². The Balaban J connectivity index is 3.62. The van der Waals surface area contributed by atoms with Gasteiger partial charge in [0.2, 0.25) is 5.91 Å². The number of aliphatic hydroxyl groups excluding tert-OH is 2. The summed E-state index contributed by atoms with van der Waals surface area (Å²) in [5, 5.41) is 23.0. The molecule has 0 aromatic heterocycles. The largest absolute Gasteiger partial charge is 0.394 e. The normalized spacial score (nSPS) is 13.4. The molecule has 0 bridgehead atoms. The van der Waals surface area contributed by atoms with Crippen molar-refractivity contribution in [1.29, 1.82) is 0 Å². The molecule has 0 saturated carbocycles. The molecule has 0 rings (SSSR count). The summed E-state index contributed by atoms with van der Waals surface area (Å²) in [6, 6.07) is -0.648. The predicted molar refractivity (Wildman–Crippen MR) is 230 cm³/mol. The van der Waals surface area contributed by atoms with Gasteiger partial charge in [0, 0.05) is 6.42 Å². The number of aliphatic hydroxyl groups is 2. The van der Waals surface area contributed by atoms with Crippen molar-refractivity contribution in [3.63, 3.8) is 0 Å². The highest BCUT2D eigenvalue weighted by Gasteiger charge is 2.17. The Morgan fingerprint density at radius 3 is 1.12 bits per heavy atom. The van der Waals surface area contributed by atoms with E-state index in [4.69, 9.17) is 0 Å². The smallest absolute Gasteiger partial charge is 0.220 e. The van der Waals surface area contributed by atoms with Crippen LogP contribution in [0.15, 0.2) is 48.6 Å². The Kier molecular flexibility index (Phi) is 42.4. The lowest BCUT2D eigenvalue weighted by molar-refractivity contribution is -0.123. The SMILES string of the molecule is CCCCCCCCCC/C=C/CC/C=C/CC/C=C/C(O)C(CO)NC(=O)CCCCCCCCC/C=C\CCCCCCCCCCCCC. The number of allylic oxidation sites excluding steroid dienone is 7. The maximum Gasteiger partial charge on any atom is 0.220 e. The zero-order valence-corrected chi connectivity index (χ0v) is 34.8. The van der Waals surface area contributed by atoms with Crippen LogP contribution in [0.3, 0.4) is 0 Å². The molecule has 52 heavy (non-hydrogen) atoms. The molecule has 0 saturated heterocycles. The Morgan fingerprint density at radius 2 is 0.750 bits per heavy atom. The quantitative estimate of drug-likeness (QED) is 0.0434. The zero-order valence-electron chi connectivity index (χ0n) is 34.8. The number of rotatable bonds is 41. The van der Waals surface area contributed by atoms with Crippen molar-refractivity contribution < 1.29 is 15.0 Å². The average Bonchev–Trinajstić information content (AvgIpc) is 3.15. The molecule has 0 spiro atoms. The Bertz CT molecular complexity index is 831. The molecule has 0 fully saturated rings. The van der Waals surface area contributed by atoms with Gasteiger partial charge in [-0.25, -0.2) is 0 Å². The third-order valence-corrected chi connectivity index (χ3v) is 10.3. The fraction of sp³-hybridized carbons (Fsp3) is 0.812. The topological polar surface area (TPSA) is 69.6 Å². The predicted octanol–water partition coefficient (Wildman–Crippen LogP) is 14.4. The van der Waals surface area contributed by atoms with Gasteiger partial charge >= 0.3 is 0 Å². The first kappa shape index (κ1) is 50.4. The van der Waals surface area contributed by atoms with E-state index in [0.29, 0.717) is 6.42 Å². The van der Waals surface area contributed by atoms with Gasteiger partial charge in [0.15, 0.2) is 0 Å². The van der Waals surface area contributed by atoms with Gasteiger partial charge in [-0.05, 0) is 70.6 Å². The molecule has 0 aliphatic rings. The molecule has 0 aliphatic heterocycles. The third kappa shape index (κ3) is 39.6. The molecule has 3 N–H and O–H groups in total. The van der Waals surface area contributed by atoms with Crippen LogP contribution < -0.4 is 5.32 Å². The fourth-order valence-electron chi connectivity index (χ4n) is 6.73. The Morgan fingerprint density at radius 1 is 0.442 bits per heavy atom. The lowest BCUT2D eigenvalue weighted by atomic mass is 10.0. The van der Waals surface area contributed by atoms with E-state index in [0.717, 1.165) is 38.5 Å². The molecule has 304 valence electrons. The van der Waals surface area contributed by atoms with Gasteiger partial charge in [-0.2, -0.15) is 0 Å². The highest BCUT2D eigenvalue weighted by Crippen LogP contribution is 2.14. The van der Waals surface area contributed by atoms with Gasteiger partial charge in [0.05, 0.1) is 18.8 Å². The van der Waals surface area contributed by atoms with Gasteiger partial charge in [-0.15, -0.1) is 0 Å². The molecule has 1 amide bonds. The minimum atomic E-state index is -0.872. The molecule has 4 heteroatoms. The van der Waals surface area contributed by atoms with Crippen molar-refractivity contribution in [2.45, 2.75) is 244 Å². The van der Waals surface area contributed by atoms with E-state index >= 15 is 0 Å². The number of carbonyl (C=O) groups excluding carboxylic acids is 1. The number of amides is 1. The number of carbonyl (C=O) groups is 1. The molecule has 0 radical (unpaired) electrons. The van der Waals surface area contributed by atoms with E-state index in [1.165, 1.54) is 173 Å². The maximum absolute atomic E-state index is 12.4. The van der Waals surface area contributed by atoms with Crippen molar-refractivity contribution in [3.8, 4) is 0 Å². The monoisotopic (exact) mass is 728 g/mol. The maximum atomic E-state index is 12.4. The van der Waals surface area contributed by atoms with Crippen LogP contribution in [-0.2, 0) is 4.79 Å². The van der Waals surface area contributed by atoms with Crippen molar-refractivity contribution in [3.05, 3.63) is 48.6 Å². The molecule has 2 unspecified atom stereocenters. The number of unbranched alkanes of at least 4 members (excludes halogenated alkanes) is 28. The molecule has 0 aliphatic carbocycles. The van der Waals surface area contributed by atoms with Crippen LogP contribution in [0.1, 0.15) is 232 Å². The van der Waals surface area contributed by atoms with E-state index in [9.17, 15) is 15.0 Å². The number of hydrogen-bond acceptors (Lipinski definition) is 3. The molecular formula is C48H89NO3. The second-order valence-electron chi connectivity index (χ2n) is 15.4. The molecule has 0 aromatic rings. The van der Waals surface area contributed by atoms with Crippen molar-refractivity contribution in [2.75, 3.05) is 6.61 Å². The highest BCUT2D eigenvalue weighted by molar-refractivity contribution is 5.76. The Labute approximate surface area is 324 Å². The second-order valence-corrected chi connectivity index (χ2v) is 15.4. The zero-order chi connectivity index (χ0) is 37.8. The first-order valence-corrected chi connectivity index (χ1v) is 22.9. The first-order valence-electron chi connectivity index (χ1n) is 22.9. The summed E-state index contributed by atoms with van der Waals surface area (Å²) in [4.78, 5) is 12.4. The number of nitrogens with one attached hydrogen (secondary N) is 1. The Hall–Kier alpha value is -1.65. The van der Waals surface area contributed by atoms with Gasteiger partial charge in [0.25, 0.3) is 0 Å². The lowest BCUT2D eigenvalue weighted by Gasteiger charge is -2.19. The first-order chi connectivity index (χ1) is 25.7. The summed E-state index contributed by atoms with van der Waals surface area (Å²) in [5.41, 5.74) is 0. The summed E-state index contributed by atoms with van der Waals surface area (Å²) in [6.07, 6.45) is 59.4. The van der Waals surface area contributed by atoms with Gasteiger partial charge in [-0.1, -0.05) is 204 Å². The van der Waals surface area contributed by atoms with Crippen molar-refractivity contribution in [2.24, 2.45) is 0 Å². The van der Waals surface area contributed by atoms with Gasteiger partial charge in [-0.3, -0.25) is 4.79 Å². The number of hydrogen-bond donors (Lipinski definition) is 3. The molecule has 2 atom stereocenters. The highest BCUT2D eigenvalue weighted by atomic mass is 16.3. The third-order valence-electron chi connectivity index (χ3n) is 10.3. The van der Waals surface area contributed by atoms with Crippen LogP contribution in [0.25, 0.3) is 0 Å². The van der Waals surface area contributed by atoms with Crippen LogP contribution in [0.4, 0.5) is 0 Å². The van der Waals surface area contributed by atoms with E-state index in [-0.39, 0.29) is 12.5 Å². The van der Waals surface area contributed by atoms with E-state index in [1.807, 2.05) is 6.08 Å². The van der Waals surface area contributed by atoms with E-state index in [2.05, 4.69) is 55.6 Å². The summed E-state index contributed by atoms with van der Waals surface area (Å²) in [6.45, 7) is 4.29. The van der Waals surface area contributed by atoms with Crippen LogP contribution in [0, 0.1) is 0 Å². The average molecular weight is 728 g/mol. The molecule has 4 nitrogen and oxygen atoms in total. The molecule has 0 heterocycles. The van der Waals surface area contributed by atoms with Crippen LogP contribution in [0.2, 0.25) is 0 Å². The van der Waals surface area contributed by atoms with Gasteiger partial charge in [0.1, 0.15) is 0 Å². The standard InChI is InChI=1S/C48H89NO3/c1-3-5-7-9-11-13-15-17-19-21-23-24-25-26-28-30-32-34-36-38-40-42-44-48(52)49-46(45-50)47(51)43-41-39-37-35-33-31-29-27-22-20-18-16-14-12-10-8-6-4-2/h22,25-27,33,35,41,43,46-47,50-51H,3-21,23-24,28-32,34,36-40,42,44-45H2,1-2H3,(H,49,52)/b26-25-,27-22+,35-33+,43-41+. The molecule has 0 aromatic carbocycles. The summed E-state index contributed by atoms with van der Waals surface area (Å²) in [5.74, 6) is -0.0822. The second kappa shape index (κ2) is 43.8. The minimum absolute atomic E-state index is 0.0822. The summed E-state index contributed by atoms with van der Waals surface area (Å²) in [7, 11) is 0. The minimum Gasteiger partial charge on any atom is -0.394 e. The summed E-state index contributed by atoms with van der Waals surface area (Å²) < 4.78 is 0. The fourth-order valence-corrected chi connectivity index (χ4v) is 6.73. The van der Waals surface area contributed by atoms with E-state index in [1.54, 1.807) is 6.08 Å².